The van der Waals surface area contributed by atoms with Crippen LogP contribution >= 0.6 is 23.2 Å². The molecule has 0 atom stereocenters. The number of aldehydes is 1. The SMILES string of the molecule is O=Cc1nn(-c2c(Cl)cc(C(F)(F)F)cc2Cl)nc1C(F)(F)F. The Bertz CT molecular complexity index is 745. The van der Waals surface area contributed by atoms with Crippen molar-refractivity contribution < 1.29 is 31.1 Å². The van der Waals surface area contributed by atoms with Gasteiger partial charge in [0.1, 0.15) is 5.69 Å². The lowest BCUT2D eigenvalue weighted by Gasteiger charge is -2.11. The van der Waals surface area contributed by atoms with E-state index in [9.17, 15) is 31.1 Å². The molecule has 0 N–H and O–H groups in total. The van der Waals surface area contributed by atoms with Crippen molar-refractivity contribution in [1.82, 2.24) is 15.0 Å². The molecule has 23 heavy (non-hydrogen) atoms. The number of halogens is 8. The van der Waals surface area contributed by atoms with Crippen LogP contribution in [0.3, 0.4) is 0 Å². The van der Waals surface area contributed by atoms with Gasteiger partial charge >= 0.3 is 12.4 Å². The van der Waals surface area contributed by atoms with E-state index in [1.54, 1.807) is 0 Å². The van der Waals surface area contributed by atoms with Crippen LogP contribution in [0.4, 0.5) is 26.3 Å². The van der Waals surface area contributed by atoms with Gasteiger partial charge in [-0.3, -0.25) is 4.79 Å². The average molecular weight is 378 g/mol. The van der Waals surface area contributed by atoms with Crippen molar-refractivity contribution in [2.75, 3.05) is 0 Å². The summed E-state index contributed by atoms with van der Waals surface area (Å²) in [7, 11) is 0. The van der Waals surface area contributed by atoms with E-state index in [1.807, 2.05) is 0 Å². The molecule has 1 aromatic heterocycles. The van der Waals surface area contributed by atoms with Crippen molar-refractivity contribution >= 4 is 29.5 Å². The molecule has 124 valence electrons. The Kier molecular flexibility index (Phi) is 4.33. The van der Waals surface area contributed by atoms with E-state index in [2.05, 4.69) is 10.2 Å². The van der Waals surface area contributed by atoms with Gasteiger partial charge in [0.25, 0.3) is 0 Å². The lowest BCUT2D eigenvalue weighted by Crippen LogP contribution is -2.10. The van der Waals surface area contributed by atoms with Gasteiger partial charge in [-0.25, -0.2) is 0 Å². The minimum Gasteiger partial charge on any atom is -0.296 e. The van der Waals surface area contributed by atoms with Crippen LogP contribution in [0.2, 0.25) is 10.0 Å². The number of carbonyl (C=O) groups is 1. The fourth-order valence-corrected chi connectivity index (χ4v) is 2.26. The molecule has 1 aromatic carbocycles. The Morgan fingerprint density at radius 3 is 1.83 bits per heavy atom. The highest BCUT2D eigenvalue weighted by atomic mass is 35.5. The molecule has 0 aliphatic carbocycles. The van der Waals surface area contributed by atoms with Gasteiger partial charge in [-0.1, -0.05) is 23.2 Å². The van der Waals surface area contributed by atoms with Gasteiger partial charge in [-0.15, -0.1) is 15.0 Å². The molecule has 0 amide bonds. The molecule has 0 bridgehead atoms. The lowest BCUT2D eigenvalue weighted by molar-refractivity contribution is -0.141. The quantitative estimate of drug-likeness (QED) is 0.574. The molecule has 0 fully saturated rings. The maximum absolute atomic E-state index is 12.7. The average Bonchev–Trinajstić information content (AvgIpc) is 2.80. The number of rotatable bonds is 2. The molecule has 0 aliphatic rings. The van der Waals surface area contributed by atoms with Crippen LogP contribution in [-0.4, -0.2) is 21.3 Å². The molecule has 2 aromatic rings. The fraction of sp³-hybridized carbons (Fsp3) is 0.182. The summed E-state index contributed by atoms with van der Waals surface area (Å²) >= 11 is 11.3. The number of alkyl halides is 6. The van der Waals surface area contributed by atoms with Crippen molar-refractivity contribution in [3.8, 4) is 5.69 Å². The van der Waals surface area contributed by atoms with Crippen molar-refractivity contribution in [1.29, 1.82) is 0 Å². The molecule has 0 aliphatic heterocycles. The minimum atomic E-state index is -4.99. The standard InChI is InChI=1S/C11H3Cl2F6N3O/c12-5-1-4(10(14,15)16)2-6(13)8(5)22-20-7(3-23)9(21-22)11(17,18)19/h1-3H. The second-order valence-electron chi connectivity index (χ2n) is 4.13. The topological polar surface area (TPSA) is 47.8 Å². The monoisotopic (exact) mass is 377 g/mol. The Balaban J connectivity index is 2.64. The maximum atomic E-state index is 12.7. The smallest absolute Gasteiger partial charge is 0.296 e. The molecule has 0 saturated carbocycles. The summed E-state index contributed by atoms with van der Waals surface area (Å²) in [5, 5.41) is 5.01. The van der Waals surface area contributed by atoms with E-state index in [1.165, 1.54) is 0 Å². The predicted octanol–water partition coefficient (Wildman–Crippen LogP) is 4.42. The number of hydrogen-bond donors (Lipinski definition) is 0. The summed E-state index contributed by atoms with van der Waals surface area (Å²) in [4.78, 5) is 10.9. The highest BCUT2D eigenvalue weighted by Gasteiger charge is 2.39. The zero-order chi connectivity index (χ0) is 17.6. The zero-order valence-corrected chi connectivity index (χ0v) is 12.0. The van der Waals surface area contributed by atoms with E-state index in [0.29, 0.717) is 12.1 Å². The van der Waals surface area contributed by atoms with E-state index >= 15 is 0 Å². The Morgan fingerprint density at radius 2 is 1.48 bits per heavy atom. The summed E-state index contributed by atoms with van der Waals surface area (Å²) in [6.45, 7) is 0. The van der Waals surface area contributed by atoms with Crippen LogP contribution in [0, 0.1) is 0 Å². The first-order chi connectivity index (χ1) is 10.4. The van der Waals surface area contributed by atoms with Crippen LogP contribution in [0.15, 0.2) is 12.1 Å². The molecule has 12 heteroatoms. The summed E-state index contributed by atoms with van der Waals surface area (Å²) in [5.74, 6) is 0. The zero-order valence-electron chi connectivity index (χ0n) is 10.5. The molecule has 2 rings (SSSR count). The Morgan fingerprint density at radius 1 is 0.957 bits per heavy atom. The van der Waals surface area contributed by atoms with Gasteiger partial charge in [0, 0.05) is 0 Å². The summed E-state index contributed by atoms with van der Waals surface area (Å²) < 4.78 is 75.9. The third-order valence-corrected chi connectivity index (χ3v) is 3.14. The number of hydrogen-bond acceptors (Lipinski definition) is 3. The third-order valence-electron chi connectivity index (χ3n) is 2.56. The molecule has 0 spiro atoms. The molecule has 0 radical (unpaired) electrons. The highest BCUT2D eigenvalue weighted by Crippen LogP contribution is 2.38. The largest absolute Gasteiger partial charge is 0.437 e. The fourth-order valence-electron chi connectivity index (χ4n) is 1.62. The Labute approximate surface area is 133 Å². The van der Waals surface area contributed by atoms with Crippen LogP contribution < -0.4 is 0 Å². The van der Waals surface area contributed by atoms with Crippen LogP contribution in [0.25, 0.3) is 5.69 Å². The number of aromatic nitrogens is 3. The molecule has 0 saturated heterocycles. The van der Waals surface area contributed by atoms with Crippen molar-refractivity contribution in [2.45, 2.75) is 12.4 Å². The van der Waals surface area contributed by atoms with E-state index in [0.717, 1.165) is 0 Å². The molecule has 1 heterocycles. The van der Waals surface area contributed by atoms with Gasteiger partial charge in [0.15, 0.2) is 17.7 Å². The highest BCUT2D eigenvalue weighted by molar-refractivity contribution is 6.37. The van der Waals surface area contributed by atoms with Gasteiger partial charge in [0.2, 0.25) is 0 Å². The second-order valence-corrected chi connectivity index (χ2v) is 4.94. The van der Waals surface area contributed by atoms with Crippen LogP contribution in [-0.2, 0) is 12.4 Å². The third kappa shape index (κ3) is 3.42. The Hall–Kier alpha value is -1.81. The summed E-state index contributed by atoms with van der Waals surface area (Å²) in [6.07, 6.45) is -9.94. The van der Waals surface area contributed by atoms with Gasteiger partial charge in [-0.05, 0) is 12.1 Å². The summed E-state index contributed by atoms with van der Waals surface area (Å²) in [6, 6.07) is 0.917. The number of nitrogens with zero attached hydrogens (tertiary/aromatic N) is 3. The number of carbonyl (C=O) groups excluding carboxylic acids is 1. The molecular formula is C11H3Cl2F6N3O. The number of benzene rings is 1. The van der Waals surface area contributed by atoms with Crippen molar-refractivity contribution in [3.05, 3.63) is 39.1 Å². The molecular weight excluding hydrogens is 375 g/mol. The maximum Gasteiger partial charge on any atom is 0.437 e. The molecule has 0 unspecified atom stereocenters. The first-order valence-corrected chi connectivity index (χ1v) is 6.27. The summed E-state index contributed by atoms with van der Waals surface area (Å²) in [5.41, 5.74) is -4.38. The predicted molar refractivity (Wildman–Crippen MR) is 66.8 cm³/mol. The normalized spacial score (nSPS) is 12.5. The first kappa shape index (κ1) is 17.5. The lowest BCUT2D eigenvalue weighted by atomic mass is 10.2. The van der Waals surface area contributed by atoms with Crippen LogP contribution in [0.5, 0.6) is 0 Å². The minimum absolute atomic E-state index is 0.196. The second kappa shape index (κ2) is 5.68. The van der Waals surface area contributed by atoms with E-state index < -0.39 is 45.0 Å². The molecule has 4 nitrogen and oxygen atoms in total. The first-order valence-electron chi connectivity index (χ1n) is 5.51. The van der Waals surface area contributed by atoms with Gasteiger partial charge in [-0.2, -0.15) is 26.3 Å². The van der Waals surface area contributed by atoms with E-state index in [4.69, 9.17) is 23.2 Å². The van der Waals surface area contributed by atoms with Crippen molar-refractivity contribution in [3.63, 3.8) is 0 Å². The van der Waals surface area contributed by atoms with Gasteiger partial charge in [0.05, 0.1) is 15.6 Å². The van der Waals surface area contributed by atoms with E-state index in [-0.39, 0.29) is 11.1 Å². The van der Waals surface area contributed by atoms with Crippen LogP contribution in [0.1, 0.15) is 21.7 Å². The van der Waals surface area contributed by atoms with Gasteiger partial charge < -0.3 is 0 Å². The van der Waals surface area contributed by atoms with Crippen molar-refractivity contribution in [2.24, 2.45) is 0 Å².